The summed E-state index contributed by atoms with van der Waals surface area (Å²) in [5.74, 6) is 0.992. The molecule has 3 rings (SSSR count). The summed E-state index contributed by atoms with van der Waals surface area (Å²) in [4.78, 5) is 14.9. The second-order valence-corrected chi connectivity index (χ2v) is 7.51. The van der Waals surface area contributed by atoms with Gasteiger partial charge in [0.25, 0.3) is 0 Å². The molecule has 0 aromatic carbocycles. The number of nitrogens with one attached hydrogen (secondary N) is 2. The zero-order valence-corrected chi connectivity index (χ0v) is 16.4. The third-order valence-corrected chi connectivity index (χ3v) is 5.83. The van der Waals surface area contributed by atoms with Crippen LogP contribution in [0.3, 0.4) is 0 Å². The van der Waals surface area contributed by atoms with Crippen molar-refractivity contribution in [2.45, 2.75) is 76.3 Å². The Labute approximate surface area is 159 Å². The van der Waals surface area contributed by atoms with Crippen LogP contribution in [0.1, 0.15) is 64.2 Å². The number of nitrogens with zero attached hydrogens (tertiary/aromatic N) is 1. The Morgan fingerprint density at radius 2 is 1.71 bits per heavy atom. The lowest BCUT2D eigenvalue weighted by Crippen LogP contribution is -2.43. The van der Waals surface area contributed by atoms with E-state index >= 15 is 0 Å². The topological polar surface area (TPSA) is 44.4 Å². The molecule has 0 radical (unpaired) electrons. The van der Waals surface area contributed by atoms with Gasteiger partial charge in [0.15, 0.2) is 0 Å². The highest BCUT2D eigenvalue weighted by atomic mass is 35.5. The molecular weight excluding hydrogens is 345 g/mol. The molecule has 3 unspecified atom stereocenters. The second-order valence-electron chi connectivity index (χ2n) is 7.51. The molecule has 0 aromatic heterocycles. The fraction of sp³-hybridized carbons (Fsp3) is 0.944. The number of rotatable bonds is 5. The second kappa shape index (κ2) is 11.6. The maximum absolute atomic E-state index is 12.3. The van der Waals surface area contributed by atoms with Crippen LogP contribution in [0.4, 0.5) is 0 Å². The molecule has 2 saturated heterocycles. The van der Waals surface area contributed by atoms with Crippen LogP contribution in [0.2, 0.25) is 0 Å². The van der Waals surface area contributed by atoms with Gasteiger partial charge >= 0.3 is 0 Å². The van der Waals surface area contributed by atoms with Crippen molar-refractivity contribution >= 4 is 30.7 Å². The summed E-state index contributed by atoms with van der Waals surface area (Å²) < 4.78 is 0. The van der Waals surface area contributed by atoms with Crippen molar-refractivity contribution in [3.63, 3.8) is 0 Å². The van der Waals surface area contributed by atoms with Gasteiger partial charge in [0, 0.05) is 12.6 Å². The minimum atomic E-state index is 0. The number of carbonyl (C=O) groups excluding carboxylic acids is 1. The Bertz CT molecular complexity index is 348. The average Bonchev–Trinajstić information content (AvgIpc) is 2.81. The van der Waals surface area contributed by atoms with E-state index in [1.807, 2.05) is 0 Å². The zero-order valence-electron chi connectivity index (χ0n) is 14.8. The van der Waals surface area contributed by atoms with Crippen LogP contribution in [0.5, 0.6) is 0 Å². The number of fused-ring (bicyclic) bond motifs is 1. The summed E-state index contributed by atoms with van der Waals surface area (Å²) in [5, 5.41) is 6.73. The summed E-state index contributed by atoms with van der Waals surface area (Å²) in [6, 6.07) is 0.688. The van der Waals surface area contributed by atoms with E-state index in [1.165, 1.54) is 64.5 Å². The molecule has 2 heterocycles. The van der Waals surface area contributed by atoms with E-state index in [4.69, 9.17) is 0 Å². The highest BCUT2D eigenvalue weighted by Gasteiger charge is 2.37. The van der Waals surface area contributed by atoms with Gasteiger partial charge in [-0.05, 0) is 64.1 Å². The SMILES string of the molecule is Cl.Cl.O=C(NCCCN1CCCCCC1)C1CC2CCCCC2N1. The van der Waals surface area contributed by atoms with Gasteiger partial charge in [-0.2, -0.15) is 0 Å². The van der Waals surface area contributed by atoms with Gasteiger partial charge in [0.1, 0.15) is 0 Å². The summed E-state index contributed by atoms with van der Waals surface area (Å²) in [5.41, 5.74) is 0. The molecule has 142 valence electrons. The molecule has 0 aromatic rings. The van der Waals surface area contributed by atoms with Crippen molar-refractivity contribution in [1.29, 1.82) is 0 Å². The number of amides is 1. The van der Waals surface area contributed by atoms with Gasteiger partial charge in [-0.3, -0.25) is 4.79 Å². The van der Waals surface area contributed by atoms with Gasteiger partial charge in [0.2, 0.25) is 5.91 Å². The highest BCUT2D eigenvalue weighted by Crippen LogP contribution is 2.33. The predicted octanol–water partition coefficient (Wildman–Crippen LogP) is 3.13. The fourth-order valence-electron chi connectivity index (χ4n) is 4.52. The van der Waals surface area contributed by atoms with Gasteiger partial charge in [0.05, 0.1) is 6.04 Å². The Hall–Kier alpha value is -0.0300. The first-order chi connectivity index (χ1) is 10.8. The quantitative estimate of drug-likeness (QED) is 0.721. The monoisotopic (exact) mass is 379 g/mol. The highest BCUT2D eigenvalue weighted by molar-refractivity contribution is 5.85. The average molecular weight is 380 g/mol. The summed E-state index contributed by atoms with van der Waals surface area (Å²) in [6.45, 7) is 4.48. The molecule has 2 aliphatic heterocycles. The summed E-state index contributed by atoms with van der Waals surface area (Å²) >= 11 is 0. The van der Waals surface area contributed by atoms with E-state index in [0.717, 1.165) is 31.8 Å². The summed E-state index contributed by atoms with van der Waals surface area (Å²) in [6.07, 6.45) is 12.9. The molecule has 24 heavy (non-hydrogen) atoms. The van der Waals surface area contributed by atoms with Crippen molar-refractivity contribution in [2.24, 2.45) is 5.92 Å². The standard InChI is InChI=1S/C18H33N3O.2ClH/c22-18(17-14-15-8-3-4-9-16(15)20-17)19-10-7-13-21-11-5-1-2-6-12-21;;/h15-17,20H,1-14H2,(H,19,22);2*1H. The van der Waals surface area contributed by atoms with Crippen molar-refractivity contribution in [2.75, 3.05) is 26.2 Å². The third kappa shape index (κ3) is 6.36. The molecule has 6 heteroatoms. The predicted molar refractivity (Wildman–Crippen MR) is 104 cm³/mol. The number of halogens is 2. The molecule has 0 spiro atoms. The maximum Gasteiger partial charge on any atom is 0.237 e. The van der Waals surface area contributed by atoms with Crippen molar-refractivity contribution in [1.82, 2.24) is 15.5 Å². The number of carbonyl (C=O) groups is 1. The van der Waals surface area contributed by atoms with E-state index in [1.54, 1.807) is 0 Å². The van der Waals surface area contributed by atoms with Gasteiger partial charge in [-0.15, -0.1) is 24.8 Å². The van der Waals surface area contributed by atoms with Crippen LogP contribution >= 0.6 is 24.8 Å². The maximum atomic E-state index is 12.3. The first-order valence-electron chi connectivity index (χ1n) is 9.59. The molecule has 0 bridgehead atoms. The Morgan fingerprint density at radius 3 is 2.42 bits per heavy atom. The van der Waals surface area contributed by atoms with Gasteiger partial charge < -0.3 is 15.5 Å². The lowest BCUT2D eigenvalue weighted by molar-refractivity contribution is -0.122. The smallest absolute Gasteiger partial charge is 0.237 e. The Kier molecular flexibility index (Phi) is 10.6. The van der Waals surface area contributed by atoms with Crippen molar-refractivity contribution in [3.8, 4) is 0 Å². The van der Waals surface area contributed by atoms with Gasteiger partial charge in [-0.25, -0.2) is 0 Å². The molecule has 3 fully saturated rings. The first-order valence-corrected chi connectivity index (χ1v) is 9.59. The van der Waals surface area contributed by atoms with Crippen LogP contribution < -0.4 is 10.6 Å². The van der Waals surface area contributed by atoms with Gasteiger partial charge in [-0.1, -0.05) is 25.7 Å². The summed E-state index contributed by atoms with van der Waals surface area (Å²) in [7, 11) is 0. The van der Waals surface area contributed by atoms with Crippen molar-refractivity contribution < 1.29 is 4.79 Å². The van der Waals surface area contributed by atoms with Crippen molar-refractivity contribution in [3.05, 3.63) is 0 Å². The van der Waals surface area contributed by atoms with E-state index in [9.17, 15) is 4.79 Å². The number of likely N-dealkylation sites (tertiary alicyclic amines) is 1. The van der Waals surface area contributed by atoms with Crippen LogP contribution in [0, 0.1) is 5.92 Å². The zero-order chi connectivity index (χ0) is 15.2. The lowest BCUT2D eigenvalue weighted by Gasteiger charge is -2.24. The van der Waals surface area contributed by atoms with Crippen LogP contribution in [0.15, 0.2) is 0 Å². The lowest BCUT2D eigenvalue weighted by atomic mass is 9.85. The van der Waals surface area contributed by atoms with E-state index < -0.39 is 0 Å². The molecule has 2 N–H and O–H groups in total. The fourth-order valence-corrected chi connectivity index (χ4v) is 4.52. The van der Waals surface area contributed by atoms with E-state index in [0.29, 0.717) is 6.04 Å². The number of hydrogen-bond donors (Lipinski definition) is 2. The third-order valence-electron chi connectivity index (χ3n) is 5.83. The molecule has 3 aliphatic rings. The molecule has 1 saturated carbocycles. The normalized spacial score (nSPS) is 30.4. The largest absolute Gasteiger partial charge is 0.355 e. The van der Waals surface area contributed by atoms with E-state index in [2.05, 4.69) is 15.5 Å². The Morgan fingerprint density at radius 1 is 1.00 bits per heavy atom. The minimum absolute atomic E-state index is 0. The molecule has 1 amide bonds. The first kappa shape index (κ1) is 22.0. The van der Waals surface area contributed by atoms with Crippen LogP contribution in [-0.4, -0.2) is 49.1 Å². The number of hydrogen-bond acceptors (Lipinski definition) is 3. The molecule has 1 aliphatic carbocycles. The molecule has 3 atom stereocenters. The molecular formula is C18H35Cl2N3O. The molecule has 4 nitrogen and oxygen atoms in total. The minimum Gasteiger partial charge on any atom is -0.355 e. The van der Waals surface area contributed by atoms with E-state index in [-0.39, 0.29) is 36.8 Å². The van der Waals surface area contributed by atoms with Crippen LogP contribution in [-0.2, 0) is 4.79 Å². The van der Waals surface area contributed by atoms with Crippen LogP contribution in [0.25, 0.3) is 0 Å². The Balaban J connectivity index is 0.00000144.